The van der Waals surface area contributed by atoms with Gasteiger partial charge in [-0.05, 0) is 85.1 Å². The first-order valence-corrected chi connectivity index (χ1v) is 10.5. The number of aromatic nitrogens is 4. The van der Waals surface area contributed by atoms with Gasteiger partial charge in [0.2, 0.25) is 11.8 Å². The summed E-state index contributed by atoms with van der Waals surface area (Å²) in [5, 5.41) is 12.2. The lowest BCUT2D eigenvalue weighted by molar-refractivity contribution is 0.459. The number of anilines is 2. The van der Waals surface area contributed by atoms with E-state index in [0.29, 0.717) is 17.4 Å². The maximum absolute atomic E-state index is 9.02. The molecule has 5 rings (SSSR count). The number of aromatic amines is 1. The lowest BCUT2D eigenvalue weighted by Crippen LogP contribution is -2.02. The van der Waals surface area contributed by atoms with Gasteiger partial charge in [-0.25, -0.2) is 4.98 Å². The number of aryl methyl sites for hydroxylation is 3. The Morgan fingerprint density at radius 1 is 1.03 bits per heavy atom. The summed E-state index contributed by atoms with van der Waals surface area (Å²) in [5.74, 6) is 1.67. The largest absolute Gasteiger partial charge is 0.436 e. The highest BCUT2D eigenvalue weighted by molar-refractivity contribution is 5.83. The molecule has 7 nitrogen and oxygen atoms in total. The summed E-state index contributed by atoms with van der Waals surface area (Å²) in [7, 11) is 1.94. The van der Waals surface area contributed by atoms with Crippen LogP contribution in [0.2, 0.25) is 0 Å². The Morgan fingerprint density at radius 3 is 2.45 bits per heavy atom. The fourth-order valence-electron chi connectivity index (χ4n) is 3.91. The van der Waals surface area contributed by atoms with E-state index in [1.165, 1.54) is 0 Å². The van der Waals surface area contributed by atoms with Crippen molar-refractivity contribution in [3.8, 4) is 29.0 Å². The molecule has 3 heterocycles. The third kappa shape index (κ3) is 3.90. The molecule has 3 aromatic heterocycles. The molecule has 5 aromatic rings. The van der Waals surface area contributed by atoms with E-state index in [2.05, 4.69) is 38.5 Å². The molecular weight excluding hydrogens is 412 g/mol. The minimum absolute atomic E-state index is 0.423. The zero-order valence-corrected chi connectivity index (χ0v) is 18.5. The van der Waals surface area contributed by atoms with Gasteiger partial charge in [0.1, 0.15) is 11.3 Å². The molecule has 0 atom stereocenters. The molecule has 2 aromatic carbocycles. The molecule has 0 aliphatic rings. The third-order valence-electron chi connectivity index (χ3n) is 5.53. The zero-order valence-electron chi connectivity index (χ0n) is 18.5. The summed E-state index contributed by atoms with van der Waals surface area (Å²) < 4.78 is 8.37. The highest BCUT2D eigenvalue weighted by atomic mass is 16.5. The minimum Gasteiger partial charge on any atom is -0.436 e. The molecule has 7 heteroatoms. The molecule has 2 N–H and O–H groups in total. The highest BCUT2D eigenvalue weighted by Crippen LogP contribution is 2.35. The average Bonchev–Trinajstić information content (AvgIpc) is 3.47. The van der Waals surface area contributed by atoms with E-state index >= 15 is 0 Å². The topological polar surface area (TPSA) is 91.5 Å². The van der Waals surface area contributed by atoms with Gasteiger partial charge in [-0.1, -0.05) is 0 Å². The number of benzene rings is 2. The predicted octanol–water partition coefficient (Wildman–Crippen LogP) is 5.99. The van der Waals surface area contributed by atoms with Gasteiger partial charge < -0.3 is 19.6 Å². The fraction of sp³-hybridized carbons (Fsp3) is 0.115. The molecule has 0 bridgehead atoms. The second-order valence-electron chi connectivity index (χ2n) is 7.95. The fourth-order valence-corrected chi connectivity index (χ4v) is 3.91. The maximum Gasteiger partial charge on any atom is 0.249 e. The Kier molecular flexibility index (Phi) is 5.04. The molecule has 0 aliphatic heterocycles. The highest BCUT2D eigenvalue weighted by Gasteiger charge is 2.16. The molecule has 0 saturated carbocycles. The lowest BCUT2D eigenvalue weighted by Gasteiger charge is -2.15. The Labute approximate surface area is 191 Å². The van der Waals surface area contributed by atoms with Gasteiger partial charge in [-0.3, -0.25) is 0 Å². The number of fused-ring (bicyclic) bond motifs is 1. The molecule has 0 radical (unpaired) electrons. The summed E-state index contributed by atoms with van der Waals surface area (Å²) in [5.41, 5.74) is 7.18. The second kappa shape index (κ2) is 8.17. The molecule has 33 heavy (non-hydrogen) atoms. The van der Waals surface area contributed by atoms with Gasteiger partial charge in [0.05, 0.1) is 17.1 Å². The molecular formula is C26H22N6O. The van der Waals surface area contributed by atoms with Crippen LogP contribution in [-0.2, 0) is 7.05 Å². The number of hydrogen-bond donors (Lipinski definition) is 2. The second-order valence-corrected chi connectivity index (χ2v) is 7.95. The van der Waals surface area contributed by atoms with E-state index in [9.17, 15) is 0 Å². The normalized spacial score (nSPS) is 10.8. The van der Waals surface area contributed by atoms with Gasteiger partial charge in [-0.2, -0.15) is 10.2 Å². The number of nitrogens with one attached hydrogen (secondary N) is 2. The SMILES string of the molecule is Cc1cc(-c2ccc[nH]2)cc(C)c1Oc1nc(Nc2ccc(C#N)cc2)nc2ccn(C)c12. The van der Waals surface area contributed by atoms with Gasteiger partial charge >= 0.3 is 0 Å². The first kappa shape index (κ1) is 20.3. The van der Waals surface area contributed by atoms with Gasteiger partial charge in [0.25, 0.3) is 0 Å². The van der Waals surface area contributed by atoms with Crippen LogP contribution in [0.4, 0.5) is 11.6 Å². The molecule has 0 unspecified atom stereocenters. The number of nitriles is 1. The third-order valence-corrected chi connectivity index (χ3v) is 5.53. The molecule has 0 amide bonds. The summed E-state index contributed by atoms with van der Waals surface area (Å²) in [6, 6.07) is 19.4. The zero-order chi connectivity index (χ0) is 22.9. The van der Waals surface area contributed by atoms with E-state index in [4.69, 9.17) is 10.00 Å². The summed E-state index contributed by atoms with van der Waals surface area (Å²) >= 11 is 0. The van der Waals surface area contributed by atoms with Crippen molar-refractivity contribution < 1.29 is 4.74 Å². The van der Waals surface area contributed by atoms with E-state index in [-0.39, 0.29) is 0 Å². The van der Waals surface area contributed by atoms with Crippen LogP contribution in [-0.4, -0.2) is 19.5 Å². The van der Waals surface area contributed by atoms with Crippen LogP contribution in [0.5, 0.6) is 11.6 Å². The van der Waals surface area contributed by atoms with Crippen LogP contribution in [0.3, 0.4) is 0 Å². The van der Waals surface area contributed by atoms with Crippen LogP contribution >= 0.6 is 0 Å². The van der Waals surface area contributed by atoms with Crippen molar-refractivity contribution in [3.63, 3.8) is 0 Å². The summed E-state index contributed by atoms with van der Waals surface area (Å²) in [6.45, 7) is 4.07. The van der Waals surface area contributed by atoms with Gasteiger partial charge in [0, 0.05) is 30.8 Å². The summed E-state index contributed by atoms with van der Waals surface area (Å²) in [4.78, 5) is 12.6. The van der Waals surface area contributed by atoms with Crippen LogP contribution < -0.4 is 10.1 Å². The number of ether oxygens (including phenoxy) is 1. The van der Waals surface area contributed by atoms with Crippen molar-refractivity contribution in [2.75, 3.05) is 5.32 Å². The predicted molar refractivity (Wildman–Crippen MR) is 129 cm³/mol. The Hall–Kier alpha value is -4.57. The standard InChI is InChI=1S/C26H22N6O/c1-16-13-19(21-5-4-11-28-21)14-17(2)24(16)33-25-23-22(10-12-32(23)3)30-26(31-25)29-20-8-6-18(15-27)7-9-20/h4-14,28H,1-3H3,(H,29,30,31). The maximum atomic E-state index is 9.02. The average molecular weight is 435 g/mol. The first-order chi connectivity index (χ1) is 16.0. The Morgan fingerprint density at radius 2 is 1.79 bits per heavy atom. The van der Waals surface area contributed by atoms with Crippen LogP contribution in [0, 0.1) is 25.2 Å². The smallest absolute Gasteiger partial charge is 0.249 e. The Bertz CT molecular complexity index is 1470. The van der Waals surface area contributed by atoms with Crippen molar-refractivity contribution in [2.45, 2.75) is 13.8 Å². The number of hydrogen-bond acceptors (Lipinski definition) is 5. The van der Waals surface area contributed by atoms with Crippen molar-refractivity contribution in [3.05, 3.63) is 83.7 Å². The first-order valence-electron chi connectivity index (χ1n) is 10.5. The van der Waals surface area contributed by atoms with Gasteiger partial charge in [0.15, 0.2) is 0 Å². The molecule has 0 aliphatic carbocycles. The van der Waals surface area contributed by atoms with E-state index in [1.807, 2.05) is 68.2 Å². The Balaban J connectivity index is 1.53. The van der Waals surface area contributed by atoms with Crippen LogP contribution in [0.1, 0.15) is 16.7 Å². The molecule has 0 spiro atoms. The van der Waals surface area contributed by atoms with Crippen LogP contribution in [0.15, 0.2) is 67.0 Å². The van der Waals surface area contributed by atoms with Crippen LogP contribution in [0.25, 0.3) is 22.3 Å². The van der Waals surface area contributed by atoms with E-state index in [1.54, 1.807) is 12.1 Å². The van der Waals surface area contributed by atoms with E-state index in [0.717, 1.165) is 44.9 Å². The minimum atomic E-state index is 0.423. The number of nitrogens with zero attached hydrogens (tertiary/aromatic N) is 4. The molecule has 162 valence electrons. The summed E-state index contributed by atoms with van der Waals surface area (Å²) in [6.07, 6.45) is 3.85. The van der Waals surface area contributed by atoms with Crippen molar-refractivity contribution >= 4 is 22.7 Å². The molecule has 0 saturated heterocycles. The van der Waals surface area contributed by atoms with E-state index < -0.39 is 0 Å². The van der Waals surface area contributed by atoms with Crippen molar-refractivity contribution in [1.29, 1.82) is 5.26 Å². The van der Waals surface area contributed by atoms with Crippen molar-refractivity contribution in [2.24, 2.45) is 7.05 Å². The number of H-pyrrole nitrogens is 1. The quantitative estimate of drug-likeness (QED) is 0.355. The monoisotopic (exact) mass is 434 g/mol. The lowest BCUT2D eigenvalue weighted by atomic mass is 10.0. The number of rotatable bonds is 5. The van der Waals surface area contributed by atoms with Crippen molar-refractivity contribution in [1.82, 2.24) is 19.5 Å². The molecule has 0 fully saturated rings. The van der Waals surface area contributed by atoms with Gasteiger partial charge in [-0.15, -0.1) is 0 Å².